The lowest BCUT2D eigenvalue weighted by Crippen LogP contribution is -2.38. The van der Waals surface area contributed by atoms with Gasteiger partial charge in [0.15, 0.2) is 0 Å². The quantitative estimate of drug-likeness (QED) is 0.692. The Hall–Kier alpha value is -0.680. The van der Waals surface area contributed by atoms with Gasteiger partial charge in [0.05, 0.1) is 6.10 Å². The molecule has 1 aliphatic rings. The van der Waals surface area contributed by atoms with Crippen LogP contribution in [0.4, 0.5) is 5.13 Å². The van der Waals surface area contributed by atoms with Crippen LogP contribution in [0.3, 0.4) is 0 Å². The highest BCUT2D eigenvalue weighted by atomic mass is 32.1. The van der Waals surface area contributed by atoms with Gasteiger partial charge in [-0.2, -0.15) is 0 Å². The Kier molecular flexibility index (Phi) is 2.23. The largest absolute Gasteiger partial charge is 0.391 e. The van der Waals surface area contributed by atoms with Gasteiger partial charge in [-0.25, -0.2) is 0 Å². The topological polar surface area (TPSA) is 49.2 Å². The van der Waals surface area contributed by atoms with E-state index >= 15 is 0 Å². The Morgan fingerprint density at radius 1 is 1.67 bits per heavy atom. The van der Waals surface area contributed by atoms with Crippen LogP contribution in [-0.4, -0.2) is 34.5 Å². The van der Waals surface area contributed by atoms with Crippen molar-refractivity contribution in [2.24, 2.45) is 0 Å². The minimum Gasteiger partial charge on any atom is -0.391 e. The van der Waals surface area contributed by atoms with E-state index in [1.165, 1.54) is 11.3 Å². The summed E-state index contributed by atoms with van der Waals surface area (Å²) in [7, 11) is 0. The van der Waals surface area contributed by atoms with Gasteiger partial charge in [-0.05, 0) is 12.8 Å². The van der Waals surface area contributed by atoms with Gasteiger partial charge in [-0.3, -0.25) is 0 Å². The molecule has 1 aliphatic heterocycles. The first-order chi connectivity index (χ1) is 5.86. The molecule has 0 bridgehead atoms. The van der Waals surface area contributed by atoms with E-state index in [0.29, 0.717) is 6.54 Å². The molecule has 5 heteroatoms. The first kappa shape index (κ1) is 7.94. The lowest BCUT2D eigenvalue weighted by atomic mass is 10.1. The molecule has 1 atom stereocenters. The van der Waals surface area contributed by atoms with Crippen molar-refractivity contribution in [3.8, 4) is 0 Å². The van der Waals surface area contributed by atoms with E-state index in [1.807, 2.05) is 0 Å². The van der Waals surface area contributed by atoms with Crippen molar-refractivity contribution in [2.75, 3.05) is 18.0 Å². The molecule has 12 heavy (non-hydrogen) atoms. The average Bonchev–Trinajstić information content (AvgIpc) is 2.56. The predicted octanol–water partition coefficient (Wildman–Crippen LogP) is 0.499. The first-order valence-electron chi connectivity index (χ1n) is 4.05. The van der Waals surface area contributed by atoms with E-state index in [1.54, 1.807) is 5.51 Å². The lowest BCUT2D eigenvalue weighted by Gasteiger charge is -2.29. The zero-order valence-electron chi connectivity index (χ0n) is 6.68. The van der Waals surface area contributed by atoms with Crippen molar-refractivity contribution in [3.63, 3.8) is 0 Å². The van der Waals surface area contributed by atoms with Crippen molar-refractivity contribution in [1.82, 2.24) is 10.2 Å². The number of rotatable bonds is 1. The minimum atomic E-state index is -0.192. The predicted molar refractivity (Wildman–Crippen MR) is 47.4 cm³/mol. The molecule has 0 aliphatic carbocycles. The van der Waals surface area contributed by atoms with Crippen LogP contribution in [0.25, 0.3) is 0 Å². The van der Waals surface area contributed by atoms with Crippen molar-refractivity contribution >= 4 is 16.5 Å². The van der Waals surface area contributed by atoms with Gasteiger partial charge < -0.3 is 10.0 Å². The summed E-state index contributed by atoms with van der Waals surface area (Å²) < 4.78 is 0. The molecule has 4 nitrogen and oxygen atoms in total. The number of piperidine rings is 1. The van der Waals surface area contributed by atoms with Crippen LogP contribution >= 0.6 is 11.3 Å². The molecule has 0 unspecified atom stereocenters. The van der Waals surface area contributed by atoms with Crippen LogP contribution in [0.5, 0.6) is 0 Å². The zero-order chi connectivity index (χ0) is 8.39. The van der Waals surface area contributed by atoms with Crippen molar-refractivity contribution < 1.29 is 5.11 Å². The number of nitrogens with zero attached hydrogens (tertiary/aromatic N) is 3. The number of β-amino-alcohol motifs (C(OH)–C–C–N with tert-alkyl or cyclic N) is 1. The third-order valence-corrected chi connectivity index (χ3v) is 2.77. The summed E-state index contributed by atoms with van der Waals surface area (Å²) in [5.41, 5.74) is 1.72. The zero-order valence-corrected chi connectivity index (χ0v) is 7.50. The summed E-state index contributed by atoms with van der Waals surface area (Å²) in [6, 6.07) is 0. The van der Waals surface area contributed by atoms with Crippen LogP contribution in [0.2, 0.25) is 0 Å². The lowest BCUT2D eigenvalue weighted by molar-refractivity contribution is 0.154. The molecular weight excluding hydrogens is 174 g/mol. The van der Waals surface area contributed by atoms with Gasteiger partial charge in [0.2, 0.25) is 5.13 Å². The Bertz CT molecular complexity index is 239. The third kappa shape index (κ3) is 1.56. The molecule has 1 saturated heterocycles. The molecule has 2 rings (SSSR count). The highest BCUT2D eigenvalue weighted by molar-refractivity contribution is 7.13. The summed E-state index contributed by atoms with van der Waals surface area (Å²) in [5, 5.41) is 18.0. The second-order valence-electron chi connectivity index (χ2n) is 2.96. The van der Waals surface area contributed by atoms with Crippen molar-refractivity contribution in [1.29, 1.82) is 0 Å². The van der Waals surface area contributed by atoms with E-state index in [-0.39, 0.29) is 6.10 Å². The molecule has 0 aromatic carbocycles. The molecule has 0 spiro atoms. The molecule has 2 heterocycles. The fourth-order valence-electron chi connectivity index (χ4n) is 1.43. The molecular formula is C7H11N3OS. The average molecular weight is 185 g/mol. The molecule has 1 fully saturated rings. The maximum Gasteiger partial charge on any atom is 0.208 e. The smallest absolute Gasteiger partial charge is 0.208 e. The fraction of sp³-hybridized carbons (Fsp3) is 0.714. The summed E-state index contributed by atoms with van der Waals surface area (Å²) >= 11 is 1.52. The normalized spacial score (nSPS) is 24.4. The summed E-state index contributed by atoms with van der Waals surface area (Å²) in [4.78, 5) is 2.09. The Morgan fingerprint density at radius 2 is 2.58 bits per heavy atom. The van der Waals surface area contributed by atoms with Crippen molar-refractivity contribution in [3.05, 3.63) is 5.51 Å². The number of hydrogen-bond donors (Lipinski definition) is 1. The summed E-state index contributed by atoms with van der Waals surface area (Å²) in [6.07, 6.45) is 1.76. The van der Waals surface area contributed by atoms with E-state index in [2.05, 4.69) is 15.1 Å². The highest BCUT2D eigenvalue weighted by Gasteiger charge is 2.19. The van der Waals surface area contributed by atoms with Gasteiger partial charge in [-0.15, -0.1) is 10.2 Å². The van der Waals surface area contributed by atoms with Gasteiger partial charge in [0.25, 0.3) is 0 Å². The number of aliphatic hydroxyl groups excluding tert-OH is 1. The van der Waals surface area contributed by atoms with Gasteiger partial charge in [-0.1, -0.05) is 11.3 Å². The second-order valence-corrected chi connectivity index (χ2v) is 3.78. The highest BCUT2D eigenvalue weighted by Crippen LogP contribution is 2.20. The van der Waals surface area contributed by atoms with Crippen molar-refractivity contribution in [2.45, 2.75) is 18.9 Å². The maximum atomic E-state index is 9.39. The monoisotopic (exact) mass is 185 g/mol. The Balaban J connectivity index is 2.04. The van der Waals surface area contributed by atoms with Crippen LogP contribution in [0.1, 0.15) is 12.8 Å². The number of hydrogen-bond acceptors (Lipinski definition) is 5. The number of anilines is 1. The van der Waals surface area contributed by atoms with E-state index in [0.717, 1.165) is 24.5 Å². The Labute approximate surface area is 74.9 Å². The standard InChI is InChI=1S/C7H11N3OS/c11-6-2-1-3-10(4-6)7-9-8-5-12-7/h5-6,11H,1-4H2/t6-/m0/s1. The molecule has 1 aromatic rings. The maximum absolute atomic E-state index is 9.39. The van der Waals surface area contributed by atoms with Crippen LogP contribution in [-0.2, 0) is 0 Å². The van der Waals surface area contributed by atoms with E-state index in [4.69, 9.17) is 0 Å². The van der Waals surface area contributed by atoms with Gasteiger partial charge in [0, 0.05) is 13.1 Å². The third-order valence-electron chi connectivity index (χ3n) is 2.02. The minimum absolute atomic E-state index is 0.192. The molecule has 66 valence electrons. The van der Waals surface area contributed by atoms with E-state index < -0.39 is 0 Å². The summed E-state index contributed by atoms with van der Waals surface area (Å²) in [5.74, 6) is 0. The van der Waals surface area contributed by atoms with Gasteiger partial charge in [0.1, 0.15) is 5.51 Å². The second kappa shape index (κ2) is 3.37. The number of aliphatic hydroxyl groups is 1. The number of aromatic nitrogens is 2. The fourth-order valence-corrected chi connectivity index (χ4v) is 2.03. The van der Waals surface area contributed by atoms with Crippen LogP contribution in [0.15, 0.2) is 5.51 Å². The summed E-state index contributed by atoms with van der Waals surface area (Å²) in [6.45, 7) is 1.70. The van der Waals surface area contributed by atoms with E-state index in [9.17, 15) is 5.11 Å². The van der Waals surface area contributed by atoms with Crippen LogP contribution < -0.4 is 4.90 Å². The molecule has 0 amide bonds. The first-order valence-corrected chi connectivity index (χ1v) is 4.93. The van der Waals surface area contributed by atoms with Gasteiger partial charge >= 0.3 is 0 Å². The molecule has 1 N–H and O–H groups in total. The molecule has 0 radical (unpaired) electrons. The SMILES string of the molecule is O[C@H]1CCCN(c2nncs2)C1. The molecule has 1 aromatic heterocycles. The van der Waals surface area contributed by atoms with Crippen LogP contribution in [0, 0.1) is 0 Å². The Morgan fingerprint density at radius 3 is 3.25 bits per heavy atom. The molecule has 0 saturated carbocycles.